The van der Waals surface area contributed by atoms with Gasteiger partial charge in [0.25, 0.3) is 0 Å². The maximum absolute atomic E-state index is 12.8. The predicted octanol–water partition coefficient (Wildman–Crippen LogP) is 3.71. The van der Waals surface area contributed by atoms with Gasteiger partial charge < -0.3 is 15.5 Å². The molecule has 2 N–H and O–H groups in total. The number of benzene rings is 1. The first-order valence-electron chi connectivity index (χ1n) is 8.84. The number of hydrogen-bond donors (Lipinski definition) is 2. The standard InChI is InChI=1S/C20H22F3N3O/c1-14-4-3-11-26(19(14)15-7-9-24-10-8-15)13-18(27)25-17-6-2-5-16(12-17)20(21,22)23/h2-7,12,24H,8-11,13H2,1H3,(H,25,27). The fourth-order valence-electron chi connectivity index (χ4n) is 3.36. The predicted molar refractivity (Wildman–Crippen MR) is 99.1 cm³/mol. The molecule has 27 heavy (non-hydrogen) atoms. The van der Waals surface area contributed by atoms with Crippen molar-refractivity contribution in [3.63, 3.8) is 0 Å². The summed E-state index contributed by atoms with van der Waals surface area (Å²) in [5.41, 5.74) is 2.69. The lowest BCUT2D eigenvalue weighted by atomic mass is 9.98. The molecule has 0 unspecified atom stereocenters. The van der Waals surface area contributed by atoms with Gasteiger partial charge in [-0.3, -0.25) is 4.79 Å². The van der Waals surface area contributed by atoms with E-state index < -0.39 is 11.7 Å². The molecule has 1 aromatic carbocycles. The van der Waals surface area contributed by atoms with Gasteiger partial charge in [0.15, 0.2) is 0 Å². The molecule has 2 aliphatic rings. The number of anilines is 1. The monoisotopic (exact) mass is 377 g/mol. The molecular formula is C20H22F3N3O. The van der Waals surface area contributed by atoms with Crippen LogP contribution in [0.3, 0.4) is 0 Å². The summed E-state index contributed by atoms with van der Waals surface area (Å²) in [7, 11) is 0. The lowest BCUT2D eigenvalue weighted by Gasteiger charge is -2.32. The van der Waals surface area contributed by atoms with Gasteiger partial charge in [-0.05, 0) is 49.2 Å². The number of hydrogen-bond acceptors (Lipinski definition) is 3. The van der Waals surface area contributed by atoms with Crippen LogP contribution >= 0.6 is 0 Å². The molecule has 1 aromatic rings. The molecule has 0 aliphatic carbocycles. The molecule has 0 atom stereocenters. The Morgan fingerprint density at radius 1 is 1.33 bits per heavy atom. The van der Waals surface area contributed by atoms with Crippen molar-refractivity contribution in [1.82, 2.24) is 10.2 Å². The first-order chi connectivity index (χ1) is 12.8. The summed E-state index contributed by atoms with van der Waals surface area (Å²) in [6.07, 6.45) is 2.59. The van der Waals surface area contributed by atoms with Gasteiger partial charge in [0.2, 0.25) is 5.91 Å². The van der Waals surface area contributed by atoms with Crippen LogP contribution in [0, 0.1) is 0 Å². The third-order valence-corrected chi connectivity index (χ3v) is 4.56. The number of halogens is 3. The molecule has 7 heteroatoms. The minimum absolute atomic E-state index is 0.0814. The number of nitrogens with zero attached hydrogens (tertiary/aromatic N) is 1. The van der Waals surface area contributed by atoms with Gasteiger partial charge in [-0.15, -0.1) is 0 Å². The van der Waals surface area contributed by atoms with Gasteiger partial charge in [-0.25, -0.2) is 0 Å². The second-order valence-electron chi connectivity index (χ2n) is 6.62. The first kappa shape index (κ1) is 19.2. The summed E-state index contributed by atoms with van der Waals surface area (Å²) in [4.78, 5) is 14.4. The second-order valence-corrected chi connectivity index (χ2v) is 6.62. The molecular weight excluding hydrogens is 355 g/mol. The number of carbonyl (C=O) groups is 1. The third-order valence-electron chi connectivity index (χ3n) is 4.56. The number of allylic oxidation sites excluding steroid dienone is 3. The minimum atomic E-state index is -4.44. The van der Waals surface area contributed by atoms with Crippen LogP contribution in [-0.2, 0) is 11.0 Å². The van der Waals surface area contributed by atoms with Crippen molar-refractivity contribution in [2.75, 3.05) is 31.5 Å². The zero-order chi connectivity index (χ0) is 19.4. The highest BCUT2D eigenvalue weighted by Crippen LogP contribution is 2.31. The van der Waals surface area contributed by atoms with Gasteiger partial charge >= 0.3 is 6.18 Å². The number of alkyl halides is 3. The average Bonchev–Trinajstić information content (AvgIpc) is 2.62. The van der Waals surface area contributed by atoms with E-state index >= 15 is 0 Å². The first-order valence-corrected chi connectivity index (χ1v) is 8.84. The Hall–Kier alpha value is -2.54. The normalized spacial score (nSPS) is 17.8. The van der Waals surface area contributed by atoms with Crippen LogP contribution < -0.4 is 10.6 Å². The number of amides is 1. The van der Waals surface area contributed by atoms with Crippen LogP contribution in [0.15, 0.2) is 59.3 Å². The maximum Gasteiger partial charge on any atom is 0.416 e. The second kappa shape index (κ2) is 8.00. The Labute approximate surface area is 156 Å². The van der Waals surface area contributed by atoms with Crippen molar-refractivity contribution in [2.45, 2.75) is 19.5 Å². The van der Waals surface area contributed by atoms with Crippen LogP contribution in [0.25, 0.3) is 0 Å². The van der Waals surface area contributed by atoms with Gasteiger partial charge in [-0.1, -0.05) is 24.3 Å². The molecule has 0 aromatic heterocycles. The minimum Gasteiger partial charge on any atom is -0.358 e. The Morgan fingerprint density at radius 2 is 2.15 bits per heavy atom. The summed E-state index contributed by atoms with van der Waals surface area (Å²) < 4.78 is 38.5. The Kier molecular flexibility index (Phi) is 5.70. The molecule has 0 fully saturated rings. The van der Waals surface area contributed by atoms with E-state index in [0.717, 1.165) is 42.9 Å². The Bertz CT molecular complexity index is 809. The number of rotatable bonds is 4. The zero-order valence-electron chi connectivity index (χ0n) is 15.1. The van der Waals surface area contributed by atoms with Crippen LogP contribution in [0.4, 0.5) is 18.9 Å². The molecule has 144 valence electrons. The van der Waals surface area contributed by atoms with Gasteiger partial charge in [0.05, 0.1) is 12.1 Å². The Morgan fingerprint density at radius 3 is 2.85 bits per heavy atom. The largest absolute Gasteiger partial charge is 0.416 e. The van der Waals surface area contributed by atoms with Crippen molar-refractivity contribution in [1.29, 1.82) is 0 Å². The van der Waals surface area contributed by atoms with Crippen LogP contribution in [0.1, 0.15) is 18.9 Å². The fraction of sp³-hybridized carbons (Fsp3) is 0.350. The zero-order valence-corrected chi connectivity index (χ0v) is 15.1. The number of nitrogens with one attached hydrogen (secondary N) is 2. The van der Waals surface area contributed by atoms with Gasteiger partial charge in [0.1, 0.15) is 0 Å². The van der Waals surface area contributed by atoms with Crippen molar-refractivity contribution in [2.24, 2.45) is 0 Å². The molecule has 2 aliphatic heterocycles. The molecule has 3 rings (SSSR count). The van der Waals surface area contributed by atoms with Crippen LogP contribution in [-0.4, -0.2) is 37.0 Å². The molecule has 0 saturated carbocycles. The smallest absolute Gasteiger partial charge is 0.358 e. The van der Waals surface area contributed by atoms with Crippen molar-refractivity contribution >= 4 is 11.6 Å². The van der Waals surface area contributed by atoms with E-state index in [4.69, 9.17) is 0 Å². The molecule has 0 spiro atoms. The summed E-state index contributed by atoms with van der Waals surface area (Å²) in [6, 6.07) is 4.68. The van der Waals surface area contributed by atoms with E-state index in [9.17, 15) is 18.0 Å². The maximum atomic E-state index is 12.8. The summed E-state index contributed by atoms with van der Waals surface area (Å²) in [5.74, 6) is -0.343. The highest BCUT2D eigenvalue weighted by Gasteiger charge is 2.30. The van der Waals surface area contributed by atoms with E-state index in [0.29, 0.717) is 6.54 Å². The fourth-order valence-corrected chi connectivity index (χ4v) is 3.36. The van der Waals surface area contributed by atoms with Crippen molar-refractivity contribution < 1.29 is 18.0 Å². The van der Waals surface area contributed by atoms with E-state index in [-0.39, 0.29) is 18.1 Å². The van der Waals surface area contributed by atoms with Crippen LogP contribution in [0.2, 0.25) is 0 Å². The van der Waals surface area contributed by atoms with Gasteiger partial charge in [-0.2, -0.15) is 13.2 Å². The number of carbonyl (C=O) groups excluding carboxylic acids is 1. The molecule has 1 amide bonds. The van der Waals surface area contributed by atoms with E-state index in [1.165, 1.54) is 17.7 Å². The summed E-state index contributed by atoms with van der Waals surface area (Å²) >= 11 is 0. The topological polar surface area (TPSA) is 44.4 Å². The van der Waals surface area contributed by atoms with Gasteiger partial charge in [0, 0.05) is 24.5 Å². The van der Waals surface area contributed by atoms with E-state index in [2.05, 4.69) is 16.7 Å². The molecule has 0 bridgehead atoms. The lowest BCUT2D eigenvalue weighted by Crippen LogP contribution is -2.36. The highest BCUT2D eigenvalue weighted by molar-refractivity contribution is 5.92. The molecule has 2 heterocycles. The summed E-state index contributed by atoms with van der Waals surface area (Å²) in [5, 5.41) is 5.85. The molecule has 0 saturated heterocycles. The van der Waals surface area contributed by atoms with Crippen molar-refractivity contribution in [3.8, 4) is 0 Å². The summed E-state index contributed by atoms with van der Waals surface area (Å²) in [6.45, 7) is 4.35. The van der Waals surface area contributed by atoms with E-state index in [1.54, 1.807) is 0 Å². The lowest BCUT2D eigenvalue weighted by molar-refractivity contribution is -0.137. The quantitative estimate of drug-likeness (QED) is 0.841. The molecule has 4 nitrogen and oxygen atoms in total. The third kappa shape index (κ3) is 4.80. The van der Waals surface area contributed by atoms with E-state index in [1.807, 2.05) is 24.0 Å². The SMILES string of the molecule is CC1=C(C2=CCNCC2)N(CC(=O)Nc2cccc(C(F)(F)F)c2)CC=C1. The highest BCUT2D eigenvalue weighted by atomic mass is 19.4. The Balaban J connectivity index is 1.72. The average molecular weight is 377 g/mol. The molecule has 0 radical (unpaired) electrons. The van der Waals surface area contributed by atoms with Crippen molar-refractivity contribution in [3.05, 3.63) is 64.9 Å². The van der Waals surface area contributed by atoms with Crippen LogP contribution in [0.5, 0.6) is 0 Å².